The van der Waals surface area contributed by atoms with Gasteiger partial charge in [0, 0.05) is 6.07 Å². The van der Waals surface area contributed by atoms with Gasteiger partial charge in [0.05, 0.1) is 6.61 Å². The molecule has 0 aliphatic rings. The minimum atomic E-state index is 0.465. The number of nitrogens with zero attached hydrogens (tertiary/aromatic N) is 1. The third kappa shape index (κ3) is 2.79. The van der Waals surface area contributed by atoms with Crippen LogP contribution in [0.2, 0.25) is 0 Å². The minimum absolute atomic E-state index is 0.465. The molecule has 0 fully saturated rings. The maximum Gasteiger partial charge on any atom is 0.137 e. The SMILES string of the molecule is CC(C)COc1ccc[c]c1C#N. The third-order valence-corrected chi connectivity index (χ3v) is 1.50. The highest BCUT2D eigenvalue weighted by molar-refractivity contribution is 5.41. The van der Waals surface area contributed by atoms with E-state index in [-0.39, 0.29) is 0 Å². The van der Waals surface area contributed by atoms with Crippen LogP contribution in [-0.4, -0.2) is 6.61 Å². The van der Waals surface area contributed by atoms with Gasteiger partial charge in [-0.3, -0.25) is 0 Å². The largest absolute Gasteiger partial charge is 0.492 e. The summed E-state index contributed by atoms with van der Waals surface area (Å²) in [6.45, 7) is 4.77. The summed E-state index contributed by atoms with van der Waals surface area (Å²) in [5.41, 5.74) is 0.475. The zero-order valence-corrected chi connectivity index (χ0v) is 7.87. The summed E-state index contributed by atoms with van der Waals surface area (Å²) in [6, 6.07) is 10.2. The van der Waals surface area contributed by atoms with Crippen LogP contribution in [0.25, 0.3) is 0 Å². The highest BCUT2D eigenvalue weighted by Crippen LogP contribution is 2.16. The molecule has 0 atom stereocenters. The maximum atomic E-state index is 8.72. The van der Waals surface area contributed by atoms with Crippen molar-refractivity contribution in [2.75, 3.05) is 6.61 Å². The first kappa shape index (κ1) is 9.60. The van der Waals surface area contributed by atoms with E-state index in [1.807, 2.05) is 12.1 Å². The fraction of sp³-hybridized carbons (Fsp3) is 0.364. The number of hydrogen-bond acceptors (Lipinski definition) is 2. The van der Waals surface area contributed by atoms with Gasteiger partial charge >= 0.3 is 0 Å². The first-order valence-corrected chi connectivity index (χ1v) is 4.27. The lowest BCUT2D eigenvalue weighted by Crippen LogP contribution is -2.05. The molecule has 0 aromatic heterocycles. The third-order valence-electron chi connectivity index (χ3n) is 1.50. The van der Waals surface area contributed by atoms with Crippen molar-refractivity contribution in [3.8, 4) is 11.8 Å². The van der Waals surface area contributed by atoms with Crippen molar-refractivity contribution >= 4 is 0 Å². The molecule has 2 heteroatoms. The Kier molecular flexibility index (Phi) is 3.33. The molecule has 0 saturated carbocycles. The zero-order valence-electron chi connectivity index (χ0n) is 7.87. The molecule has 0 bridgehead atoms. The van der Waals surface area contributed by atoms with Gasteiger partial charge in [-0.25, -0.2) is 0 Å². The quantitative estimate of drug-likeness (QED) is 0.704. The van der Waals surface area contributed by atoms with Crippen molar-refractivity contribution in [2.45, 2.75) is 13.8 Å². The van der Waals surface area contributed by atoms with E-state index in [2.05, 4.69) is 19.9 Å². The number of benzene rings is 1. The monoisotopic (exact) mass is 174 g/mol. The van der Waals surface area contributed by atoms with Crippen LogP contribution in [0.4, 0.5) is 0 Å². The molecule has 1 rings (SSSR count). The highest BCUT2D eigenvalue weighted by atomic mass is 16.5. The molecule has 67 valence electrons. The van der Waals surface area contributed by atoms with E-state index in [1.165, 1.54) is 0 Å². The average Bonchev–Trinajstić information content (AvgIpc) is 2.15. The van der Waals surface area contributed by atoms with Gasteiger partial charge in [0.2, 0.25) is 0 Å². The summed E-state index contributed by atoms with van der Waals surface area (Å²) in [4.78, 5) is 0. The molecule has 0 aliphatic carbocycles. The second-order valence-corrected chi connectivity index (χ2v) is 3.23. The Balaban J connectivity index is 2.71. The molecule has 1 aromatic carbocycles. The van der Waals surface area contributed by atoms with Gasteiger partial charge in [0.25, 0.3) is 0 Å². The molecule has 0 amide bonds. The predicted octanol–water partition coefficient (Wildman–Crippen LogP) is 2.39. The molecule has 0 unspecified atom stereocenters. The number of nitriles is 1. The molecule has 0 aliphatic heterocycles. The lowest BCUT2D eigenvalue weighted by atomic mass is 10.2. The summed E-state index contributed by atoms with van der Waals surface area (Å²) in [5, 5.41) is 8.72. The predicted molar refractivity (Wildman–Crippen MR) is 50.3 cm³/mol. The van der Waals surface area contributed by atoms with E-state index in [0.717, 1.165) is 0 Å². The Hall–Kier alpha value is -1.49. The first-order valence-electron chi connectivity index (χ1n) is 4.27. The lowest BCUT2D eigenvalue weighted by molar-refractivity contribution is 0.270. The minimum Gasteiger partial charge on any atom is -0.492 e. The van der Waals surface area contributed by atoms with Crippen molar-refractivity contribution in [1.82, 2.24) is 0 Å². The average molecular weight is 174 g/mol. The van der Waals surface area contributed by atoms with E-state index in [4.69, 9.17) is 10.00 Å². The number of rotatable bonds is 3. The molecule has 1 radical (unpaired) electrons. The number of hydrogen-bond donors (Lipinski definition) is 0. The van der Waals surface area contributed by atoms with Gasteiger partial charge in [-0.15, -0.1) is 0 Å². The van der Waals surface area contributed by atoms with Crippen molar-refractivity contribution in [2.24, 2.45) is 5.92 Å². The Morgan fingerprint density at radius 3 is 3.00 bits per heavy atom. The Morgan fingerprint density at radius 1 is 1.62 bits per heavy atom. The second kappa shape index (κ2) is 4.51. The highest BCUT2D eigenvalue weighted by Gasteiger charge is 2.02. The van der Waals surface area contributed by atoms with E-state index >= 15 is 0 Å². The molecular formula is C11H12NO. The van der Waals surface area contributed by atoms with Crippen LogP contribution >= 0.6 is 0 Å². The van der Waals surface area contributed by atoms with Gasteiger partial charge in [-0.2, -0.15) is 5.26 Å². The van der Waals surface area contributed by atoms with E-state index < -0.39 is 0 Å². The first-order chi connectivity index (χ1) is 6.24. The van der Waals surface area contributed by atoms with Crippen LogP contribution < -0.4 is 4.74 Å². The Morgan fingerprint density at radius 2 is 2.38 bits per heavy atom. The van der Waals surface area contributed by atoms with E-state index in [0.29, 0.717) is 23.8 Å². The van der Waals surface area contributed by atoms with Gasteiger partial charge < -0.3 is 4.74 Å². The number of ether oxygens (including phenoxy) is 1. The van der Waals surface area contributed by atoms with Crippen molar-refractivity contribution in [3.63, 3.8) is 0 Å². The fourth-order valence-corrected chi connectivity index (χ4v) is 0.886. The fourth-order valence-electron chi connectivity index (χ4n) is 0.886. The van der Waals surface area contributed by atoms with Gasteiger partial charge in [0.15, 0.2) is 0 Å². The van der Waals surface area contributed by atoms with Gasteiger partial charge in [-0.1, -0.05) is 26.0 Å². The maximum absolute atomic E-state index is 8.72. The van der Waals surface area contributed by atoms with Crippen molar-refractivity contribution < 1.29 is 4.74 Å². The molecular weight excluding hydrogens is 162 g/mol. The van der Waals surface area contributed by atoms with Crippen molar-refractivity contribution in [1.29, 1.82) is 5.26 Å². The van der Waals surface area contributed by atoms with Crippen LogP contribution in [0, 0.1) is 23.3 Å². The topological polar surface area (TPSA) is 33.0 Å². The Bertz CT molecular complexity index is 312. The molecule has 0 saturated heterocycles. The zero-order chi connectivity index (χ0) is 9.68. The Labute approximate surface area is 78.8 Å². The molecule has 1 aromatic rings. The molecule has 13 heavy (non-hydrogen) atoms. The van der Waals surface area contributed by atoms with E-state index in [1.54, 1.807) is 12.1 Å². The molecule has 0 spiro atoms. The summed E-state index contributed by atoms with van der Waals surface area (Å²) in [6.07, 6.45) is 0. The van der Waals surface area contributed by atoms with Crippen LogP contribution in [0.5, 0.6) is 5.75 Å². The van der Waals surface area contributed by atoms with Crippen LogP contribution in [0.1, 0.15) is 19.4 Å². The molecule has 2 nitrogen and oxygen atoms in total. The summed E-state index contributed by atoms with van der Waals surface area (Å²) < 4.78 is 5.44. The lowest BCUT2D eigenvalue weighted by Gasteiger charge is -2.08. The van der Waals surface area contributed by atoms with Gasteiger partial charge in [0.1, 0.15) is 17.4 Å². The smallest absolute Gasteiger partial charge is 0.137 e. The van der Waals surface area contributed by atoms with Crippen molar-refractivity contribution in [3.05, 3.63) is 29.8 Å². The molecule has 0 N–H and O–H groups in total. The molecule has 0 heterocycles. The summed E-state index contributed by atoms with van der Waals surface area (Å²) in [5.74, 6) is 1.09. The van der Waals surface area contributed by atoms with Crippen LogP contribution in [0.15, 0.2) is 18.2 Å². The summed E-state index contributed by atoms with van der Waals surface area (Å²) in [7, 11) is 0. The van der Waals surface area contributed by atoms with Crippen LogP contribution in [-0.2, 0) is 0 Å². The van der Waals surface area contributed by atoms with Gasteiger partial charge in [-0.05, 0) is 12.0 Å². The second-order valence-electron chi connectivity index (χ2n) is 3.23. The standard InChI is InChI=1S/C11H12NO/c1-9(2)8-13-11-6-4-3-5-10(11)7-12/h3-4,6,9H,8H2,1-2H3. The van der Waals surface area contributed by atoms with Crippen LogP contribution in [0.3, 0.4) is 0 Å². The normalized spacial score (nSPS) is 9.69. The van der Waals surface area contributed by atoms with E-state index in [9.17, 15) is 0 Å². The summed E-state index contributed by atoms with van der Waals surface area (Å²) >= 11 is 0.